The van der Waals surface area contributed by atoms with Crippen LogP contribution in [0.15, 0.2) is 28.7 Å². The Balaban J connectivity index is 1.82. The second kappa shape index (κ2) is 6.81. The lowest BCUT2D eigenvalue weighted by Gasteiger charge is -2.29. The Morgan fingerprint density at radius 3 is 2.38 bits per heavy atom. The number of hydrogen-bond donors (Lipinski definition) is 1. The summed E-state index contributed by atoms with van der Waals surface area (Å²) in [6.45, 7) is 0.388. The highest BCUT2D eigenvalue weighted by Gasteiger charge is 2.42. The van der Waals surface area contributed by atoms with Crippen molar-refractivity contribution in [1.82, 2.24) is 5.32 Å². The lowest BCUT2D eigenvalue weighted by atomic mass is 9.81. The SMILES string of the molecule is O=C(NCc1ccccc1Br)C1CCC(C(F)(F)F)CC1. The van der Waals surface area contributed by atoms with Gasteiger partial charge in [0, 0.05) is 16.9 Å². The predicted octanol–water partition coefficient (Wildman–Crippen LogP) is 4.43. The number of nitrogens with one attached hydrogen (secondary N) is 1. The van der Waals surface area contributed by atoms with Crippen LogP contribution in [-0.4, -0.2) is 12.1 Å². The average molecular weight is 364 g/mol. The zero-order chi connectivity index (χ0) is 15.5. The van der Waals surface area contributed by atoms with E-state index in [1.165, 1.54) is 0 Å². The molecule has 1 aromatic rings. The first kappa shape index (κ1) is 16.3. The highest BCUT2D eigenvalue weighted by Crippen LogP contribution is 2.39. The molecule has 0 aromatic heterocycles. The van der Waals surface area contributed by atoms with Gasteiger partial charge in [-0.2, -0.15) is 13.2 Å². The monoisotopic (exact) mass is 363 g/mol. The number of halogens is 4. The number of rotatable bonds is 3. The maximum atomic E-state index is 12.6. The largest absolute Gasteiger partial charge is 0.391 e. The molecule has 1 fully saturated rings. The van der Waals surface area contributed by atoms with Gasteiger partial charge in [0.05, 0.1) is 5.92 Å². The van der Waals surface area contributed by atoms with Crippen molar-refractivity contribution in [2.24, 2.45) is 11.8 Å². The van der Waals surface area contributed by atoms with Crippen LogP contribution in [0.4, 0.5) is 13.2 Å². The van der Waals surface area contributed by atoms with Gasteiger partial charge in [0.25, 0.3) is 0 Å². The van der Waals surface area contributed by atoms with Crippen LogP contribution in [0, 0.1) is 11.8 Å². The Morgan fingerprint density at radius 1 is 1.19 bits per heavy atom. The van der Waals surface area contributed by atoms with Gasteiger partial charge in [0.15, 0.2) is 0 Å². The summed E-state index contributed by atoms with van der Waals surface area (Å²) >= 11 is 3.40. The van der Waals surface area contributed by atoms with Crippen LogP contribution in [0.3, 0.4) is 0 Å². The maximum absolute atomic E-state index is 12.6. The van der Waals surface area contributed by atoms with E-state index in [1.807, 2.05) is 24.3 Å². The molecule has 0 heterocycles. The molecular formula is C15H17BrF3NO. The summed E-state index contributed by atoms with van der Waals surface area (Å²) in [6, 6.07) is 7.54. The van der Waals surface area contributed by atoms with Crippen molar-refractivity contribution in [3.05, 3.63) is 34.3 Å². The van der Waals surface area contributed by atoms with E-state index in [4.69, 9.17) is 0 Å². The van der Waals surface area contributed by atoms with Crippen LogP contribution >= 0.6 is 15.9 Å². The molecule has 0 spiro atoms. The summed E-state index contributed by atoms with van der Waals surface area (Å²) in [5.41, 5.74) is 0.954. The van der Waals surface area contributed by atoms with E-state index in [9.17, 15) is 18.0 Å². The van der Waals surface area contributed by atoms with Crippen molar-refractivity contribution >= 4 is 21.8 Å². The van der Waals surface area contributed by atoms with Gasteiger partial charge >= 0.3 is 6.18 Å². The van der Waals surface area contributed by atoms with Crippen molar-refractivity contribution in [2.45, 2.75) is 38.4 Å². The molecule has 1 aliphatic rings. The summed E-state index contributed by atoms with van der Waals surface area (Å²) in [5.74, 6) is -1.69. The zero-order valence-electron chi connectivity index (χ0n) is 11.4. The molecule has 0 radical (unpaired) electrons. The number of hydrogen-bond acceptors (Lipinski definition) is 1. The topological polar surface area (TPSA) is 29.1 Å². The van der Waals surface area contributed by atoms with E-state index in [-0.39, 0.29) is 24.7 Å². The highest BCUT2D eigenvalue weighted by molar-refractivity contribution is 9.10. The van der Waals surface area contributed by atoms with E-state index in [2.05, 4.69) is 21.2 Å². The van der Waals surface area contributed by atoms with E-state index in [1.54, 1.807) is 0 Å². The predicted molar refractivity (Wildman–Crippen MR) is 77.5 cm³/mol. The molecule has 1 aromatic carbocycles. The van der Waals surface area contributed by atoms with Crippen LogP contribution in [0.25, 0.3) is 0 Å². The van der Waals surface area contributed by atoms with Gasteiger partial charge in [-0.1, -0.05) is 34.1 Å². The van der Waals surface area contributed by atoms with Gasteiger partial charge in [0.2, 0.25) is 5.91 Å². The molecule has 0 bridgehead atoms. The first-order chi connectivity index (χ1) is 9.88. The highest BCUT2D eigenvalue weighted by atomic mass is 79.9. The van der Waals surface area contributed by atoms with Gasteiger partial charge in [-0.05, 0) is 37.3 Å². The van der Waals surface area contributed by atoms with Crippen molar-refractivity contribution in [3.63, 3.8) is 0 Å². The fourth-order valence-corrected chi connectivity index (χ4v) is 3.08. The molecule has 1 amide bonds. The third kappa shape index (κ3) is 4.46. The summed E-state index contributed by atoms with van der Waals surface area (Å²) in [4.78, 5) is 12.0. The van der Waals surface area contributed by atoms with Crippen LogP contribution in [0.1, 0.15) is 31.2 Å². The summed E-state index contributed by atoms with van der Waals surface area (Å²) in [6.07, 6.45) is -3.40. The molecule has 1 aliphatic carbocycles. The zero-order valence-corrected chi connectivity index (χ0v) is 13.0. The smallest absolute Gasteiger partial charge is 0.352 e. The van der Waals surface area contributed by atoms with E-state index in [0.29, 0.717) is 19.4 Å². The molecule has 0 aliphatic heterocycles. The molecule has 21 heavy (non-hydrogen) atoms. The molecule has 0 unspecified atom stereocenters. The number of amides is 1. The lowest BCUT2D eigenvalue weighted by molar-refractivity contribution is -0.184. The molecule has 1 saturated carbocycles. The minimum atomic E-state index is -4.13. The van der Waals surface area contributed by atoms with E-state index in [0.717, 1.165) is 10.0 Å². The third-order valence-corrected chi connectivity index (χ3v) is 4.75. The van der Waals surface area contributed by atoms with Crippen LogP contribution in [0.2, 0.25) is 0 Å². The number of carbonyl (C=O) groups excluding carboxylic acids is 1. The van der Waals surface area contributed by atoms with Crippen LogP contribution in [-0.2, 0) is 11.3 Å². The first-order valence-corrected chi connectivity index (χ1v) is 7.75. The van der Waals surface area contributed by atoms with Gasteiger partial charge in [0.1, 0.15) is 0 Å². The Hall–Kier alpha value is -1.04. The number of carbonyl (C=O) groups is 1. The summed E-state index contributed by atoms with van der Waals surface area (Å²) in [5, 5.41) is 2.81. The Morgan fingerprint density at radius 2 is 1.81 bits per heavy atom. The third-order valence-electron chi connectivity index (χ3n) is 3.97. The normalized spacial score (nSPS) is 22.9. The van der Waals surface area contributed by atoms with Crippen molar-refractivity contribution in [2.75, 3.05) is 0 Å². The molecule has 6 heteroatoms. The molecule has 1 N–H and O–H groups in total. The van der Waals surface area contributed by atoms with E-state index >= 15 is 0 Å². The van der Waals surface area contributed by atoms with Gasteiger partial charge in [-0.3, -0.25) is 4.79 Å². The molecule has 2 nitrogen and oxygen atoms in total. The van der Waals surface area contributed by atoms with Crippen LogP contribution < -0.4 is 5.32 Å². The quantitative estimate of drug-likeness (QED) is 0.845. The van der Waals surface area contributed by atoms with Gasteiger partial charge in [-0.25, -0.2) is 0 Å². The average Bonchev–Trinajstić information content (AvgIpc) is 2.45. The molecule has 0 saturated heterocycles. The summed E-state index contributed by atoms with van der Waals surface area (Å²) < 4.78 is 38.6. The van der Waals surface area contributed by atoms with Gasteiger partial charge in [-0.15, -0.1) is 0 Å². The minimum Gasteiger partial charge on any atom is -0.352 e. The van der Waals surface area contributed by atoms with Gasteiger partial charge < -0.3 is 5.32 Å². The fraction of sp³-hybridized carbons (Fsp3) is 0.533. The first-order valence-electron chi connectivity index (χ1n) is 6.95. The minimum absolute atomic E-state index is 0.0522. The maximum Gasteiger partial charge on any atom is 0.391 e. The lowest BCUT2D eigenvalue weighted by Crippen LogP contribution is -2.35. The Labute approximate surface area is 130 Å². The summed E-state index contributed by atoms with van der Waals surface area (Å²) in [7, 11) is 0. The molecular weight excluding hydrogens is 347 g/mol. The Kier molecular flexibility index (Phi) is 5.30. The molecule has 2 rings (SSSR count). The van der Waals surface area contributed by atoms with Crippen molar-refractivity contribution < 1.29 is 18.0 Å². The standard InChI is InChI=1S/C15H17BrF3NO/c16-13-4-2-1-3-11(13)9-20-14(21)10-5-7-12(8-6-10)15(17,18)19/h1-4,10,12H,5-9H2,(H,20,21). The second-order valence-corrected chi connectivity index (χ2v) is 6.25. The number of alkyl halides is 3. The Bertz CT molecular complexity index is 496. The second-order valence-electron chi connectivity index (χ2n) is 5.40. The fourth-order valence-electron chi connectivity index (χ4n) is 2.65. The number of benzene rings is 1. The van der Waals surface area contributed by atoms with E-state index < -0.39 is 12.1 Å². The molecule has 0 atom stereocenters. The van der Waals surface area contributed by atoms with Crippen molar-refractivity contribution in [3.8, 4) is 0 Å². The van der Waals surface area contributed by atoms with Crippen LogP contribution in [0.5, 0.6) is 0 Å². The molecule has 116 valence electrons. The van der Waals surface area contributed by atoms with Crippen molar-refractivity contribution in [1.29, 1.82) is 0 Å².